The van der Waals surface area contributed by atoms with Crippen LogP contribution in [-0.4, -0.2) is 29.7 Å². The lowest BCUT2D eigenvalue weighted by molar-refractivity contribution is -0.346. The van der Waals surface area contributed by atoms with Gasteiger partial charge in [-0.25, -0.2) is 4.39 Å². The van der Waals surface area contributed by atoms with Crippen molar-refractivity contribution < 1.29 is 9.31 Å². The van der Waals surface area contributed by atoms with E-state index in [-0.39, 0.29) is 11.7 Å². The molecule has 94 valence electrons. The molecular formula is C10H10FN5O2. The van der Waals surface area contributed by atoms with Crippen LogP contribution in [0.15, 0.2) is 34.4 Å². The number of hydrazone groups is 1. The van der Waals surface area contributed by atoms with Gasteiger partial charge in [0.05, 0.1) is 17.3 Å². The number of amidine groups is 2. The highest BCUT2D eigenvalue weighted by molar-refractivity contribution is 6.37. The standard InChI is InChI=1S/C10H10FN5O2/c11-7-1-3-8(4-2-7)14-15-10(16(17)18)9-12-5-6-13-9/h1-4,14H,5-6H2,(H,12,13)/b15-10-. The predicted octanol–water partition coefficient (Wildman–Crippen LogP) is 0.829. The molecule has 1 aliphatic heterocycles. The Morgan fingerprint density at radius 1 is 1.50 bits per heavy atom. The molecule has 0 radical (unpaired) electrons. The predicted molar refractivity (Wildman–Crippen MR) is 64.8 cm³/mol. The second kappa shape index (κ2) is 5.21. The summed E-state index contributed by atoms with van der Waals surface area (Å²) in [5.41, 5.74) is 2.94. The topological polar surface area (TPSA) is 91.9 Å². The molecule has 0 fully saturated rings. The van der Waals surface area contributed by atoms with Gasteiger partial charge in [0, 0.05) is 6.54 Å². The van der Waals surface area contributed by atoms with Gasteiger partial charge in [-0.15, -0.1) is 0 Å². The van der Waals surface area contributed by atoms with Crippen molar-refractivity contribution in [2.75, 3.05) is 18.5 Å². The van der Waals surface area contributed by atoms with E-state index in [0.29, 0.717) is 18.8 Å². The van der Waals surface area contributed by atoms with Crippen molar-refractivity contribution in [1.82, 2.24) is 5.32 Å². The first-order valence-electron chi connectivity index (χ1n) is 5.19. The van der Waals surface area contributed by atoms with Crippen molar-refractivity contribution in [3.8, 4) is 0 Å². The lowest BCUT2D eigenvalue weighted by Crippen LogP contribution is -2.33. The summed E-state index contributed by atoms with van der Waals surface area (Å²) in [6, 6.07) is 5.32. The summed E-state index contributed by atoms with van der Waals surface area (Å²) in [7, 11) is 0. The largest absolute Gasteiger partial charge is 0.430 e. The number of nitro groups is 1. The Kier molecular flexibility index (Phi) is 3.46. The second-order valence-electron chi connectivity index (χ2n) is 3.47. The third-order valence-corrected chi connectivity index (χ3v) is 2.19. The summed E-state index contributed by atoms with van der Waals surface area (Å²) in [6.45, 7) is 1.04. The van der Waals surface area contributed by atoms with Gasteiger partial charge in [-0.05, 0) is 29.2 Å². The molecule has 0 saturated heterocycles. The fourth-order valence-corrected chi connectivity index (χ4v) is 1.37. The average molecular weight is 251 g/mol. The van der Waals surface area contributed by atoms with E-state index in [1.54, 1.807) is 0 Å². The lowest BCUT2D eigenvalue weighted by Gasteiger charge is -1.99. The van der Waals surface area contributed by atoms with Crippen molar-refractivity contribution in [2.45, 2.75) is 0 Å². The van der Waals surface area contributed by atoms with Crippen molar-refractivity contribution >= 4 is 17.4 Å². The molecule has 0 aliphatic carbocycles. The molecule has 0 atom stereocenters. The van der Waals surface area contributed by atoms with Crippen molar-refractivity contribution in [3.05, 3.63) is 40.2 Å². The number of nitrogens with zero attached hydrogens (tertiary/aromatic N) is 3. The van der Waals surface area contributed by atoms with Crippen molar-refractivity contribution in [1.29, 1.82) is 0 Å². The molecule has 0 bridgehead atoms. The maximum Gasteiger partial charge on any atom is 0.430 e. The number of benzene rings is 1. The highest BCUT2D eigenvalue weighted by atomic mass is 19.1. The molecule has 8 heteroatoms. The van der Waals surface area contributed by atoms with E-state index in [2.05, 4.69) is 20.8 Å². The monoisotopic (exact) mass is 251 g/mol. The summed E-state index contributed by atoms with van der Waals surface area (Å²) in [4.78, 5) is 14.1. The fourth-order valence-electron chi connectivity index (χ4n) is 1.37. The maximum atomic E-state index is 12.7. The van der Waals surface area contributed by atoms with E-state index in [4.69, 9.17) is 0 Å². The summed E-state index contributed by atoms with van der Waals surface area (Å²) >= 11 is 0. The summed E-state index contributed by atoms with van der Waals surface area (Å²) in [5.74, 6) is -0.632. The molecule has 1 aromatic carbocycles. The van der Waals surface area contributed by atoms with E-state index < -0.39 is 10.8 Å². The van der Waals surface area contributed by atoms with Gasteiger partial charge < -0.3 is 15.4 Å². The molecular weight excluding hydrogens is 241 g/mol. The SMILES string of the molecule is O=[N+]([O-])/C(=N\Nc1ccc(F)cc1)C1=NCCN1. The Balaban J connectivity index is 2.13. The molecule has 18 heavy (non-hydrogen) atoms. The zero-order valence-corrected chi connectivity index (χ0v) is 9.26. The minimum absolute atomic E-state index is 0.148. The Bertz CT molecular complexity index is 512. The van der Waals surface area contributed by atoms with Crippen molar-refractivity contribution in [2.24, 2.45) is 10.1 Å². The minimum Gasteiger partial charge on any atom is -0.361 e. The number of rotatable bonds is 3. The van der Waals surface area contributed by atoms with E-state index in [0.717, 1.165) is 0 Å². The Hall–Kier alpha value is -2.51. The normalized spacial score (nSPS) is 14.9. The first-order chi connectivity index (χ1) is 8.66. The molecule has 7 nitrogen and oxygen atoms in total. The van der Waals surface area contributed by atoms with E-state index in [1.807, 2.05) is 0 Å². The third kappa shape index (κ3) is 2.78. The van der Waals surface area contributed by atoms with Crippen molar-refractivity contribution in [3.63, 3.8) is 0 Å². The van der Waals surface area contributed by atoms with Crippen LogP contribution in [0.3, 0.4) is 0 Å². The van der Waals surface area contributed by atoms with E-state index in [1.165, 1.54) is 24.3 Å². The number of nitrogens with one attached hydrogen (secondary N) is 2. The quantitative estimate of drug-likeness (QED) is 0.360. The Labute approximate surface area is 102 Å². The fraction of sp³-hybridized carbons (Fsp3) is 0.200. The number of anilines is 1. The van der Waals surface area contributed by atoms with Crippen LogP contribution in [0.5, 0.6) is 0 Å². The van der Waals surface area contributed by atoms with Crippen LogP contribution in [0.1, 0.15) is 0 Å². The molecule has 0 aromatic heterocycles. The zero-order chi connectivity index (χ0) is 13.0. The van der Waals surface area contributed by atoms with Gasteiger partial charge >= 0.3 is 5.84 Å². The molecule has 0 spiro atoms. The zero-order valence-electron chi connectivity index (χ0n) is 9.26. The summed E-state index contributed by atoms with van der Waals surface area (Å²) in [5, 5.41) is 17.2. The molecule has 2 rings (SSSR count). The minimum atomic E-state index is -0.631. The molecule has 0 saturated carbocycles. The Morgan fingerprint density at radius 2 is 2.22 bits per heavy atom. The first-order valence-corrected chi connectivity index (χ1v) is 5.19. The molecule has 2 N–H and O–H groups in total. The molecule has 1 aliphatic rings. The van der Waals surface area contributed by atoms with Gasteiger partial charge in [-0.2, -0.15) is 5.43 Å². The average Bonchev–Trinajstić information content (AvgIpc) is 2.85. The Morgan fingerprint density at radius 3 is 2.78 bits per heavy atom. The van der Waals surface area contributed by atoms with E-state index >= 15 is 0 Å². The second-order valence-corrected chi connectivity index (χ2v) is 3.47. The number of halogens is 1. The van der Waals surface area contributed by atoms with Gasteiger partial charge in [0.2, 0.25) is 5.84 Å². The van der Waals surface area contributed by atoms with E-state index in [9.17, 15) is 14.5 Å². The van der Waals surface area contributed by atoms with Crippen LogP contribution < -0.4 is 10.7 Å². The first kappa shape index (κ1) is 12.0. The molecule has 1 heterocycles. The summed E-state index contributed by atoms with van der Waals surface area (Å²) < 4.78 is 12.7. The van der Waals surface area contributed by atoms with Gasteiger partial charge in [-0.3, -0.25) is 4.99 Å². The van der Waals surface area contributed by atoms with Gasteiger partial charge in [0.15, 0.2) is 0 Å². The van der Waals surface area contributed by atoms with Crippen LogP contribution in [0.25, 0.3) is 0 Å². The van der Waals surface area contributed by atoms with Crippen LogP contribution in [-0.2, 0) is 0 Å². The van der Waals surface area contributed by atoms with Gasteiger partial charge in [-0.1, -0.05) is 0 Å². The van der Waals surface area contributed by atoms with Crippen LogP contribution in [0.4, 0.5) is 10.1 Å². The lowest BCUT2D eigenvalue weighted by atomic mass is 10.3. The number of hydrogen-bond acceptors (Lipinski definition) is 6. The molecule has 0 amide bonds. The summed E-state index contributed by atoms with van der Waals surface area (Å²) in [6.07, 6.45) is 0. The smallest absolute Gasteiger partial charge is 0.361 e. The van der Waals surface area contributed by atoms with Crippen LogP contribution in [0, 0.1) is 15.9 Å². The van der Waals surface area contributed by atoms with Gasteiger partial charge in [0.1, 0.15) is 5.82 Å². The highest BCUT2D eigenvalue weighted by Crippen LogP contribution is 2.08. The number of hydrogen-bond donors (Lipinski definition) is 2. The molecule has 0 unspecified atom stereocenters. The number of aliphatic imine (C=N–C) groups is 1. The highest BCUT2D eigenvalue weighted by Gasteiger charge is 2.24. The van der Waals surface area contributed by atoms with Gasteiger partial charge in [0.25, 0.3) is 0 Å². The van der Waals surface area contributed by atoms with Crippen LogP contribution in [0.2, 0.25) is 0 Å². The third-order valence-electron chi connectivity index (χ3n) is 2.19. The molecule has 1 aromatic rings. The maximum absolute atomic E-state index is 12.7. The van der Waals surface area contributed by atoms with Crippen LogP contribution >= 0.6 is 0 Å².